The van der Waals surface area contributed by atoms with E-state index in [0.717, 1.165) is 0 Å². The molecule has 0 aromatic carbocycles. The van der Waals surface area contributed by atoms with Crippen LogP contribution in [-0.2, 0) is 15.1 Å². The van der Waals surface area contributed by atoms with Gasteiger partial charge in [0.2, 0.25) is 11.5 Å². The molecule has 0 aliphatic heterocycles. The van der Waals surface area contributed by atoms with Crippen molar-refractivity contribution in [3.63, 3.8) is 0 Å². The first kappa shape index (κ1) is 10.7. The van der Waals surface area contributed by atoms with E-state index < -0.39 is 11.6 Å². The third kappa shape index (κ3) is 1.77. The van der Waals surface area contributed by atoms with Crippen molar-refractivity contribution in [2.75, 3.05) is 6.61 Å². The van der Waals surface area contributed by atoms with Gasteiger partial charge >= 0.3 is 5.97 Å². The molecule has 14 heavy (non-hydrogen) atoms. The van der Waals surface area contributed by atoms with Gasteiger partial charge in [-0.1, -0.05) is 0 Å². The molecule has 0 saturated carbocycles. The van der Waals surface area contributed by atoms with Gasteiger partial charge < -0.3 is 14.3 Å². The second-order valence-corrected chi connectivity index (χ2v) is 3.05. The average Bonchev–Trinajstić information content (AvgIpc) is 2.52. The smallest absolute Gasteiger partial charge is 0.345 e. The maximum Gasteiger partial charge on any atom is 0.345 e. The van der Waals surface area contributed by atoms with Crippen LogP contribution in [-0.4, -0.2) is 22.7 Å². The molecule has 1 aromatic heterocycles. The van der Waals surface area contributed by atoms with E-state index in [9.17, 15) is 4.79 Å². The van der Waals surface area contributed by atoms with Gasteiger partial charge in [0.05, 0.1) is 6.20 Å². The summed E-state index contributed by atoms with van der Waals surface area (Å²) in [4.78, 5) is 14.9. The Hall–Kier alpha value is -1.36. The number of aliphatic carboxylic acids is 1. The predicted octanol–water partition coefficient (Wildman–Crippen LogP) is 1.32. The van der Waals surface area contributed by atoms with Crippen LogP contribution in [0.2, 0.25) is 0 Å². The topological polar surface area (TPSA) is 72.6 Å². The average molecular weight is 199 g/mol. The van der Waals surface area contributed by atoms with Crippen LogP contribution in [0.25, 0.3) is 0 Å². The van der Waals surface area contributed by atoms with Gasteiger partial charge in [0.1, 0.15) is 5.76 Å². The largest absolute Gasteiger partial charge is 0.479 e. The molecule has 0 radical (unpaired) electrons. The highest BCUT2D eigenvalue weighted by atomic mass is 16.5. The molecule has 1 atom stereocenters. The van der Waals surface area contributed by atoms with Gasteiger partial charge in [-0.25, -0.2) is 9.78 Å². The first-order valence-electron chi connectivity index (χ1n) is 4.31. The van der Waals surface area contributed by atoms with Crippen LogP contribution in [0, 0.1) is 6.92 Å². The maximum atomic E-state index is 11.0. The third-order valence-electron chi connectivity index (χ3n) is 1.87. The normalized spacial score (nSPS) is 15.1. The lowest BCUT2D eigenvalue weighted by molar-refractivity contribution is -0.167. The molecule has 0 aliphatic carbocycles. The summed E-state index contributed by atoms with van der Waals surface area (Å²) in [5, 5.41) is 9.00. The molecule has 1 aromatic rings. The minimum atomic E-state index is -1.50. The fraction of sp³-hybridized carbons (Fsp3) is 0.556. The number of carboxylic acid groups (broad SMARTS) is 1. The zero-order valence-electron chi connectivity index (χ0n) is 8.40. The van der Waals surface area contributed by atoms with E-state index in [1.165, 1.54) is 13.1 Å². The fourth-order valence-electron chi connectivity index (χ4n) is 1.08. The van der Waals surface area contributed by atoms with E-state index >= 15 is 0 Å². The van der Waals surface area contributed by atoms with Crippen molar-refractivity contribution in [3.05, 3.63) is 17.8 Å². The number of ether oxygens (including phenoxy) is 1. The Morgan fingerprint density at radius 2 is 2.43 bits per heavy atom. The van der Waals surface area contributed by atoms with Crippen molar-refractivity contribution in [1.82, 2.24) is 4.98 Å². The van der Waals surface area contributed by atoms with Crippen LogP contribution in [0.5, 0.6) is 0 Å². The second-order valence-electron chi connectivity index (χ2n) is 3.05. The molecule has 0 bridgehead atoms. The van der Waals surface area contributed by atoms with E-state index in [1.807, 2.05) is 0 Å². The SMILES string of the molecule is CCOC(C)(C(=O)O)c1ncc(C)o1. The zero-order chi connectivity index (χ0) is 10.8. The van der Waals surface area contributed by atoms with Crippen LogP contribution in [0.4, 0.5) is 0 Å². The van der Waals surface area contributed by atoms with Crippen molar-refractivity contribution < 1.29 is 19.1 Å². The van der Waals surface area contributed by atoms with Gasteiger partial charge in [0, 0.05) is 6.61 Å². The Kier molecular flexibility index (Phi) is 2.90. The summed E-state index contributed by atoms with van der Waals surface area (Å²) in [6, 6.07) is 0. The van der Waals surface area contributed by atoms with Crippen LogP contribution in [0.3, 0.4) is 0 Å². The summed E-state index contributed by atoms with van der Waals surface area (Å²) in [6.45, 7) is 5.12. The number of carboxylic acids is 1. The number of oxazole rings is 1. The first-order valence-corrected chi connectivity index (χ1v) is 4.31. The van der Waals surface area contributed by atoms with E-state index in [4.69, 9.17) is 14.3 Å². The van der Waals surface area contributed by atoms with E-state index in [-0.39, 0.29) is 12.5 Å². The maximum absolute atomic E-state index is 11.0. The molecule has 0 aliphatic rings. The standard InChI is InChI=1S/C9H13NO4/c1-4-13-9(3,8(11)12)7-10-5-6(2)14-7/h5H,4H2,1-3H3,(H,11,12). The Morgan fingerprint density at radius 3 is 2.79 bits per heavy atom. The fourth-order valence-corrected chi connectivity index (χ4v) is 1.08. The Bertz CT molecular complexity index is 333. The lowest BCUT2D eigenvalue weighted by atomic mass is 10.1. The number of nitrogens with zero attached hydrogens (tertiary/aromatic N) is 1. The molecule has 1 heterocycles. The van der Waals surface area contributed by atoms with E-state index in [0.29, 0.717) is 5.76 Å². The van der Waals surface area contributed by atoms with Gasteiger partial charge in [-0.2, -0.15) is 0 Å². The van der Waals surface area contributed by atoms with Gasteiger partial charge in [-0.3, -0.25) is 0 Å². The molecule has 1 rings (SSSR count). The van der Waals surface area contributed by atoms with Crippen molar-refractivity contribution in [3.8, 4) is 0 Å². The predicted molar refractivity (Wildman–Crippen MR) is 47.9 cm³/mol. The van der Waals surface area contributed by atoms with Crippen molar-refractivity contribution in [1.29, 1.82) is 0 Å². The first-order chi connectivity index (χ1) is 6.50. The number of carbonyl (C=O) groups is 1. The van der Waals surface area contributed by atoms with Crippen molar-refractivity contribution in [2.24, 2.45) is 0 Å². The van der Waals surface area contributed by atoms with Crippen LogP contribution in [0.15, 0.2) is 10.6 Å². The molecule has 0 fully saturated rings. The zero-order valence-corrected chi connectivity index (χ0v) is 8.40. The molecule has 78 valence electrons. The van der Waals surface area contributed by atoms with E-state index in [1.54, 1.807) is 13.8 Å². The molecule has 0 saturated heterocycles. The molecule has 0 amide bonds. The van der Waals surface area contributed by atoms with Gasteiger partial charge in [-0.05, 0) is 20.8 Å². The Labute approximate surface area is 81.7 Å². The molecule has 0 spiro atoms. The lowest BCUT2D eigenvalue weighted by Crippen LogP contribution is -2.35. The summed E-state index contributed by atoms with van der Waals surface area (Å²) >= 11 is 0. The molecule has 5 heteroatoms. The van der Waals surface area contributed by atoms with Crippen LogP contribution < -0.4 is 0 Å². The van der Waals surface area contributed by atoms with Crippen LogP contribution in [0.1, 0.15) is 25.5 Å². The summed E-state index contributed by atoms with van der Waals surface area (Å²) in [6.07, 6.45) is 1.47. The quantitative estimate of drug-likeness (QED) is 0.791. The number of rotatable bonds is 4. The summed E-state index contributed by atoms with van der Waals surface area (Å²) in [5.41, 5.74) is -1.50. The highest BCUT2D eigenvalue weighted by Gasteiger charge is 2.41. The summed E-state index contributed by atoms with van der Waals surface area (Å²) in [5.74, 6) is -0.474. The number of hydrogen-bond acceptors (Lipinski definition) is 4. The van der Waals surface area contributed by atoms with Crippen molar-refractivity contribution >= 4 is 5.97 Å². The third-order valence-corrected chi connectivity index (χ3v) is 1.87. The van der Waals surface area contributed by atoms with Gasteiger partial charge in [0.15, 0.2) is 0 Å². The number of aromatic nitrogens is 1. The highest BCUT2D eigenvalue weighted by Crippen LogP contribution is 2.25. The minimum absolute atomic E-state index is 0.0735. The molecule has 1 N–H and O–H groups in total. The molecular weight excluding hydrogens is 186 g/mol. The van der Waals surface area contributed by atoms with Gasteiger partial charge in [-0.15, -0.1) is 0 Å². The lowest BCUT2D eigenvalue weighted by Gasteiger charge is -2.20. The minimum Gasteiger partial charge on any atom is -0.479 e. The highest BCUT2D eigenvalue weighted by molar-refractivity contribution is 5.77. The molecule has 1 unspecified atom stereocenters. The van der Waals surface area contributed by atoms with E-state index in [2.05, 4.69) is 4.98 Å². The Morgan fingerprint density at radius 1 is 1.79 bits per heavy atom. The van der Waals surface area contributed by atoms with Crippen molar-refractivity contribution in [2.45, 2.75) is 26.4 Å². The number of hydrogen-bond donors (Lipinski definition) is 1. The summed E-state index contributed by atoms with van der Waals surface area (Å²) < 4.78 is 10.3. The molecule has 5 nitrogen and oxygen atoms in total. The van der Waals surface area contributed by atoms with Gasteiger partial charge in [0.25, 0.3) is 0 Å². The molecular formula is C9H13NO4. The summed E-state index contributed by atoms with van der Waals surface area (Å²) in [7, 11) is 0. The Balaban J connectivity index is 3.05. The second kappa shape index (κ2) is 3.79. The van der Waals surface area contributed by atoms with Crippen LogP contribution >= 0.6 is 0 Å². The monoisotopic (exact) mass is 199 g/mol. The number of aryl methyl sites for hydroxylation is 1.